The maximum atomic E-state index is 2.25. The summed E-state index contributed by atoms with van der Waals surface area (Å²) in [4.78, 5) is 0. The quantitative estimate of drug-likeness (QED) is 0.536. The molecule has 0 heteroatoms. The van der Waals surface area contributed by atoms with Crippen LogP contribution in [0.3, 0.4) is 0 Å². The molecule has 11 heavy (non-hydrogen) atoms. The molecule has 0 aromatic heterocycles. The summed E-state index contributed by atoms with van der Waals surface area (Å²) >= 11 is 0. The second-order valence-corrected chi connectivity index (χ2v) is 2.73. The van der Waals surface area contributed by atoms with Crippen LogP contribution < -0.4 is 0 Å². The number of hydrogen-bond acceptors (Lipinski definition) is 0. The minimum absolute atomic E-state index is 1.12. The molecule has 0 nitrogen and oxygen atoms in total. The van der Waals surface area contributed by atoms with E-state index in [1.165, 1.54) is 5.92 Å². The van der Waals surface area contributed by atoms with Gasteiger partial charge >= 0.3 is 0 Å². The molecule has 0 fully saturated rings. The molecule has 0 unspecified atom stereocenters. The summed E-state index contributed by atoms with van der Waals surface area (Å²) in [6.07, 6.45) is 16.5. The molecule has 1 rings (SSSR count). The normalized spacial score (nSPS) is 18.3. The Bertz CT molecular complexity index is 172. The van der Waals surface area contributed by atoms with Gasteiger partial charge in [-0.05, 0) is 19.3 Å². The predicted molar refractivity (Wildman–Crippen MR) is 50.2 cm³/mol. The van der Waals surface area contributed by atoms with Gasteiger partial charge < -0.3 is 0 Å². The fraction of sp³-hybridized carbons (Fsp3) is 0.364. The van der Waals surface area contributed by atoms with Gasteiger partial charge in [-0.25, -0.2) is 0 Å². The summed E-state index contributed by atoms with van der Waals surface area (Å²) in [5, 5.41) is 0. The summed E-state index contributed by atoms with van der Waals surface area (Å²) in [5.41, 5.74) is 0. The van der Waals surface area contributed by atoms with E-state index in [-0.39, 0.29) is 0 Å². The third-order valence-electron chi connectivity index (χ3n) is 1.74. The van der Waals surface area contributed by atoms with Crippen LogP contribution in [0, 0.1) is 5.92 Å². The monoisotopic (exact) mass is 147 g/mol. The zero-order chi connectivity index (χ0) is 7.94. The molecular weight excluding hydrogens is 132 g/mol. The van der Waals surface area contributed by atoms with Gasteiger partial charge in [-0.2, -0.15) is 0 Å². The van der Waals surface area contributed by atoms with Gasteiger partial charge in [0.1, 0.15) is 0 Å². The van der Waals surface area contributed by atoms with Gasteiger partial charge in [0.25, 0.3) is 0 Å². The third kappa shape index (κ3) is 3.22. The second kappa shape index (κ2) is 4.95. The van der Waals surface area contributed by atoms with Crippen LogP contribution in [0.4, 0.5) is 0 Å². The maximum Gasteiger partial charge on any atom is 0.00508 e. The lowest BCUT2D eigenvalue weighted by molar-refractivity contribution is 0.962. The largest absolute Gasteiger partial charge is 0.0888 e. The van der Waals surface area contributed by atoms with Crippen LogP contribution >= 0.6 is 0 Å². The lowest BCUT2D eigenvalue weighted by atomic mass is 9.97. The Hall–Kier alpha value is -0.780. The van der Waals surface area contributed by atoms with E-state index in [1.54, 1.807) is 0 Å². The van der Waals surface area contributed by atoms with Gasteiger partial charge in [-0.15, -0.1) is 0 Å². The summed E-state index contributed by atoms with van der Waals surface area (Å²) in [5.74, 6) is 1.51. The van der Waals surface area contributed by atoms with Crippen LogP contribution in [-0.4, -0.2) is 0 Å². The fourth-order valence-electron chi connectivity index (χ4n) is 1.11. The molecule has 0 spiro atoms. The van der Waals surface area contributed by atoms with Gasteiger partial charge in [-0.3, -0.25) is 0 Å². The van der Waals surface area contributed by atoms with Crippen molar-refractivity contribution in [3.05, 3.63) is 42.4 Å². The first-order chi connectivity index (χ1) is 5.43. The number of rotatable bonds is 3. The highest BCUT2D eigenvalue weighted by atomic mass is 14.1. The van der Waals surface area contributed by atoms with E-state index in [9.17, 15) is 0 Å². The van der Waals surface area contributed by atoms with Crippen molar-refractivity contribution in [2.45, 2.75) is 26.2 Å². The van der Waals surface area contributed by atoms with Gasteiger partial charge in [0.05, 0.1) is 0 Å². The molecule has 1 aliphatic carbocycles. The lowest BCUT2D eigenvalue weighted by Gasteiger charge is -2.08. The first-order valence-electron chi connectivity index (χ1n) is 4.26. The SMILES string of the molecule is CC/C=C/C[C]1C=CC=CC1. The Kier molecular flexibility index (Phi) is 3.74. The van der Waals surface area contributed by atoms with E-state index in [4.69, 9.17) is 0 Å². The molecule has 1 aliphatic rings. The molecular formula is C11H15. The number of allylic oxidation sites excluding steroid dienone is 6. The average Bonchev–Trinajstić information content (AvgIpc) is 2.07. The zero-order valence-electron chi connectivity index (χ0n) is 7.09. The fourth-order valence-corrected chi connectivity index (χ4v) is 1.11. The Morgan fingerprint density at radius 3 is 2.91 bits per heavy atom. The van der Waals surface area contributed by atoms with Crippen LogP contribution in [0.1, 0.15) is 26.2 Å². The molecule has 0 atom stereocenters. The molecule has 0 bridgehead atoms. The van der Waals surface area contributed by atoms with Crippen LogP contribution in [0.5, 0.6) is 0 Å². The van der Waals surface area contributed by atoms with Gasteiger partial charge in [0.2, 0.25) is 0 Å². The van der Waals surface area contributed by atoms with E-state index in [2.05, 4.69) is 43.4 Å². The molecule has 59 valence electrons. The minimum atomic E-state index is 1.12. The van der Waals surface area contributed by atoms with Crippen molar-refractivity contribution in [3.63, 3.8) is 0 Å². The molecule has 1 radical (unpaired) electrons. The van der Waals surface area contributed by atoms with E-state index in [0.29, 0.717) is 0 Å². The number of hydrogen-bond donors (Lipinski definition) is 0. The predicted octanol–water partition coefficient (Wildman–Crippen LogP) is 3.43. The van der Waals surface area contributed by atoms with Crippen LogP contribution in [0.15, 0.2) is 36.5 Å². The lowest BCUT2D eigenvalue weighted by Crippen LogP contribution is -1.91. The second-order valence-electron chi connectivity index (χ2n) is 2.73. The molecule has 0 amide bonds. The topological polar surface area (TPSA) is 0 Å². The van der Waals surface area contributed by atoms with E-state index >= 15 is 0 Å². The summed E-state index contributed by atoms with van der Waals surface area (Å²) in [6, 6.07) is 0. The highest BCUT2D eigenvalue weighted by Crippen LogP contribution is 2.18. The Morgan fingerprint density at radius 2 is 2.27 bits per heavy atom. The molecule has 0 aromatic rings. The summed E-state index contributed by atoms with van der Waals surface area (Å²) in [6.45, 7) is 2.16. The first-order valence-corrected chi connectivity index (χ1v) is 4.26. The summed E-state index contributed by atoms with van der Waals surface area (Å²) < 4.78 is 0. The molecule has 0 aromatic carbocycles. The molecule has 0 N–H and O–H groups in total. The summed E-state index contributed by atoms with van der Waals surface area (Å²) in [7, 11) is 0. The van der Waals surface area contributed by atoms with Gasteiger partial charge in [-0.1, -0.05) is 43.4 Å². The van der Waals surface area contributed by atoms with E-state index in [1.807, 2.05) is 0 Å². The van der Waals surface area contributed by atoms with Crippen molar-refractivity contribution in [2.75, 3.05) is 0 Å². The average molecular weight is 147 g/mol. The van der Waals surface area contributed by atoms with E-state index < -0.39 is 0 Å². The molecule has 0 saturated heterocycles. The van der Waals surface area contributed by atoms with Crippen LogP contribution in [0.25, 0.3) is 0 Å². The van der Waals surface area contributed by atoms with Crippen molar-refractivity contribution in [3.8, 4) is 0 Å². The van der Waals surface area contributed by atoms with Gasteiger partial charge in [0, 0.05) is 5.92 Å². The third-order valence-corrected chi connectivity index (χ3v) is 1.74. The minimum Gasteiger partial charge on any atom is -0.0888 e. The van der Waals surface area contributed by atoms with Crippen molar-refractivity contribution in [1.82, 2.24) is 0 Å². The Balaban J connectivity index is 2.22. The first kappa shape index (κ1) is 8.32. The zero-order valence-corrected chi connectivity index (χ0v) is 7.09. The van der Waals surface area contributed by atoms with Crippen molar-refractivity contribution in [1.29, 1.82) is 0 Å². The standard InChI is InChI=1S/C11H15/c1-2-3-5-8-11-9-6-4-7-10-11/h3-7,9H,2,8,10H2,1H3/b5-3+. The van der Waals surface area contributed by atoms with Crippen molar-refractivity contribution >= 4 is 0 Å². The molecule has 0 aliphatic heterocycles. The highest BCUT2D eigenvalue weighted by Gasteiger charge is 2.01. The highest BCUT2D eigenvalue weighted by molar-refractivity contribution is 5.25. The van der Waals surface area contributed by atoms with Crippen LogP contribution in [-0.2, 0) is 0 Å². The van der Waals surface area contributed by atoms with Crippen LogP contribution in [0.2, 0.25) is 0 Å². The Morgan fingerprint density at radius 1 is 1.36 bits per heavy atom. The van der Waals surface area contributed by atoms with Crippen molar-refractivity contribution < 1.29 is 0 Å². The maximum absolute atomic E-state index is 2.25. The molecule has 0 heterocycles. The van der Waals surface area contributed by atoms with Gasteiger partial charge in [0.15, 0.2) is 0 Å². The van der Waals surface area contributed by atoms with E-state index in [0.717, 1.165) is 19.3 Å². The molecule has 0 saturated carbocycles. The smallest absolute Gasteiger partial charge is 0.00508 e. The Labute approximate surface area is 69.3 Å². The van der Waals surface area contributed by atoms with Crippen molar-refractivity contribution in [2.24, 2.45) is 0 Å².